The maximum Gasteiger partial charge on any atom is 0.344 e. The Labute approximate surface area is 196 Å². The van der Waals surface area contributed by atoms with Crippen LogP contribution in [0.3, 0.4) is 0 Å². The van der Waals surface area contributed by atoms with Crippen LogP contribution in [0.1, 0.15) is 58.3 Å². The summed E-state index contributed by atoms with van der Waals surface area (Å²) >= 11 is 5.31. The van der Waals surface area contributed by atoms with Crippen LogP contribution in [0, 0.1) is 10.7 Å². The SMILES string of the molecule is CC1CCC2(CC1)NC(=O)N(NC(=O)CCCCCn1c(=S)[nH]c3ccccc3c1=O)C2=O. The Balaban J connectivity index is 1.25. The lowest BCUT2D eigenvalue weighted by Gasteiger charge is -2.33. The summed E-state index contributed by atoms with van der Waals surface area (Å²) in [5.41, 5.74) is 2.18. The minimum atomic E-state index is -0.872. The Morgan fingerprint density at radius 2 is 1.88 bits per heavy atom. The van der Waals surface area contributed by atoms with Crippen molar-refractivity contribution in [2.75, 3.05) is 0 Å². The first-order valence-corrected chi connectivity index (χ1v) is 11.9. The van der Waals surface area contributed by atoms with Gasteiger partial charge < -0.3 is 10.3 Å². The predicted molar refractivity (Wildman–Crippen MR) is 126 cm³/mol. The number of aromatic amines is 1. The standard InChI is InChI=1S/C23H29N5O4S/c1-15-10-12-23(13-11-15)20(31)28(21(32)25-23)26-18(29)9-3-2-6-14-27-19(30)16-7-4-5-8-17(16)24-22(27)33/h4-5,7-8,15H,2-3,6,9-14H2,1H3,(H,24,33)(H,25,32)(H,26,29). The van der Waals surface area contributed by atoms with E-state index in [1.54, 1.807) is 6.07 Å². The van der Waals surface area contributed by atoms with E-state index in [9.17, 15) is 19.2 Å². The van der Waals surface area contributed by atoms with Crippen LogP contribution in [-0.2, 0) is 16.1 Å². The van der Waals surface area contributed by atoms with Gasteiger partial charge in [-0.25, -0.2) is 4.79 Å². The first-order chi connectivity index (χ1) is 15.8. The number of hydrazine groups is 1. The van der Waals surface area contributed by atoms with Gasteiger partial charge in [-0.05, 0) is 68.8 Å². The van der Waals surface area contributed by atoms with Gasteiger partial charge in [0.1, 0.15) is 5.54 Å². The molecule has 4 rings (SSSR count). The van der Waals surface area contributed by atoms with Crippen molar-refractivity contribution < 1.29 is 14.4 Å². The molecule has 1 saturated heterocycles. The maximum absolute atomic E-state index is 12.8. The van der Waals surface area contributed by atoms with E-state index in [1.807, 2.05) is 18.2 Å². The van der Waals surface area contributed by atoms with Gasteiger partial charge >= 0.3 is 6.03 Å². The van der Waals surface area contributed by atoms with Crippen molar-refractivity contribution in [2.24, 2.45) is 5.92 Å². The number of aromatic nitrogens is 2. The number of carbonyl (C=O) groups excluding carboxylic acids is 3. The van der Waals surface area contributed by atoms with Gasteiger partial charge in [-0.1, -0.05) is 25.5 Å². The quantitative estimate of drug-likeness (QED) is 0.326. The Bertz CT molecular complexity index is 1200. The Morgan fingerprint density at radius 1 is 1.15 bits per heavy atom. The second kappa shape index (κ2) is 9.46. The molecular formula is C23H29N5O4S. The smallest absolute Gasteiger partial charge is 0.332 e. The number of hydrogen-bond donors (Lipinski definition) is 3. The normalized spacial score (nSPS) is 22.7. The van der Waals surface area contributed by atoms with E-state index in [-0.39, 0.29) is 23.8 Å². The number of unbranched alkanes of at least 4 members (excludes halogenated alkanes) is 2. The lowest BCUT2D eigenvalue weighted by molar-refractivity contribution is -0.140. The summed E-state index contributed by atoms with van der Waals surface area (Å²) in [6.07, 6.45) is 5.06. The largest absolute Gasteiger partial charge is 0.344 e. The minimum Gasteiger partial charge on any atom is -0.332 e. The molecule has 1 aliphatic carbocycles. The van der Waals surface area contributed by atoms with Crippen LogP contribution >= 0.6 is 12.2 Å². The number of H-pyrrole nitrogens is 1. The summed E-state index contributed by atoms with van der Waals surface area (Å²) in [6, 6.07) is 6.67. The van der Waals surface area contributed by atoms with Gasteiger partial charge in [-0.3, -0.25) is 24.4 Å². The molecule has 10 heteroatoms. The highest BCUT2D eigenvalue weighted by molar-refractivity contribution is 7.71. The van der Waals surface area contributed by atoms with Crippen molar-refractivity contribution in [1.82, 2.24) is 25.3 Å². The van der Waals surface area contributed by atoms with Crippen molar-refractivity contribution in [3.8, 4) is 0 Å². The van der Waals surface area contributed by atoms with Crippen LogP contribution in [0.4, 0.5) is 4.79 Å². The van der Waals surface area contributed by atoms with Gasteiger partial charge in [0.05, 0.1) is 10.9 Å². The van der Waals surface area contributed by atoms with Crippen LogP contribution < -0.4 is 16.3 Å². The number of para-hydroxylation sites is 1. The molecule has 2 heterocycles. The molecule has 0 bridgehead atoms. The van der Waals surface area contributed by atoms with Crippen molar-refractivity contribution in [3.63, 3.8) is 0 Å². The summed E-state index contributed by atoms with van der Waals surface area (Å²) in [5.74, 6) is -0.207. The van der Waals surface area contributed by atoms with Gasteiger partial charge in [-0.2, -0.15) is 5.01 Å². The van der Waals surface area contributed by atoms with E-state index in [4.69, 9.17) is 12.2 Å². The van der Waals surface area contributed by atoms with E-state index >= 15 is 0 Å². The predicted octanol–water partition coefficient (Wildman–Crippen LogP) is 3.15. The molecule has 1 spiro atoms. The average Bonchev–Trinajstić information content (AvgIpc) is 3.01. The van der Waals surface area contributed by atoms with E-state index in [1.165, 1.54) is 4.57 Å². The molecule has 33 heavy (non-hydrogen) atoms. The van der Waals surface area contributed by atoms with Crippen molar-refractivity contribution in [1.29, 1.82) is 0 Å². The van der Waals surface area contributed by atoms with Crippen LogP contribution in [0.2, 0.25) is 0 Å². The third-order valence-corrected chi connectivity index (χ3v) is 7.02. The van der Waals surface area contributed by atoms with Gasteiger partial charge in [-0.15, -0.1) is 0 Å². The van der Waals surface area contributed by atoms with Gasteiger partial charge in [0.15, 0.2) is 4.77 Å². The summed E-state index contributed by atoms with van der Waals surface area (Å²) in [5, 5.41) is 4.22. The number of rotatable bonds is 7. The summed E-state index contributed by atoms with van der Waals surface area (Å²) in [6.45, 7) is 2.59. The molecule has 2 aromatic rings. The average molecular weight is 472 g/mol. The Kier molecular flexibility index (Phi) is 6.64. The fourth-order valence-electron chi connectivity index (χ4n) is 4.63. The zero-order valence-corrected chi connectivity index (χ0v) is 19.5. The number of nitrogens with zero attached hydrogens (tertiary/aromatic N) is 2. The molecule has 1 aromatic carbocycles. The molecule has 1 aromatic heterocycles. The number of fused-ring (bicyclic) bond motifs is 1. The number of nitrogens with one attached hydrogen (secondary N) is 3. The minimum absolute atomic E-state index is 0.128. The molecule has 3 N–H and O–H groups in total. The second-order valence-electron chi connectivity index (χ2n) is 9.11. The number of urea groups is 1. The van der Waals surface area contributed by atoms with Crippen LogP contribution in [0.25, 0.3) is 10.9 Å². The molecule has 0 radical (unpaired) electrons. The highest BCUT2D eigenvalue weighted by Crippen LogP contribution is 2.35. The monoisotopic (exact) mass is 471 g/mol. The lowest BCUT2D eigenvalue weighted by atomic mass is 9.77. The second-order valence-corrected chi connectivity index (χ2v) is 9.50. The first-order valence-electron chi connectivity index (χ1n) is 11.5. The highest BCUT2D eigenvalue weighted by Gasteiger charge is 2.52. The molecule has 1 aliphatic heterocycles. The molecule has 0 unspecified atom stereocenters. The van der Waals surface area contributed by atoms with Gasteiger partial charge in [0.2, 0.25) is 5.91 Å². The first kappa shape index (κ1) is 23.2. The molecule has 2 aliphatic rings. The number of hydrogen-bond acceptors (Lipinski definition) is 5. The molecule has 1 saturated carbocycles. The fraction of sp³-hybridized carbons (Fsp3) is 0.522. The summed E-state index contributed by atoms with van der Waals surface area (Å²) < 4.78 is 1.91. The molecule has 9 nitrogen and oxygen atoms in total. The van der Waals surface area contributed by atoms with Crippen LogP contribution in [-0.4, -0.2) is 37.9 Å². The van der Waals surface area contributed by atoms with Crippen LogP contribution in [0.5, 0.6) is 0 Å². The fourth-order valence-corrected chi connectivity index (χ4v) is 4.91. The van der Waals surface area contributed by atoms with Gasteiger partial charge in [0, 0.05) is 13.0 Å². The highest BCUT2D eigenvalue weighted by atomic mass is 32.1. The molecule has 176 valence electrons. The zero-order chi connectivity index (χ0) is 23.6. The maximum atomic E-state index is 12.8. The number of carbonyl (C=O) groups is 3. The molecule has 2 fully saturated rings. The number of imide groups is 1. The third kappa shape index (κ3) is 4.71. The Morgan fingerprint density at radius 3 is 2.64 bits per heavy atom. The number of benzene rings is 1. The van der Waals surface area contributed by atoms with Crippen molar-refractivity contribution in [2.45, 2.75) is 70.4 Å². The Hall–Kier alpha value is -3.01. The van der Waals surface area contributed by atoms with Gasteiger partial charge in [0.25, 0.3) is 11.5 Å². The third-order valence-electron chi connectivity index (χ3n) is 6.70. The zero-order valence-electron chi connectivity index (χ0n) is 18.7. The van der Waals surface area contributed by atoms with E-state index in [0.717, 1.165) is 17.9 Å². The van der Waals surface area contributed by atoms with E-state index < -0.39 is 11.6 Å². The van der Waals surface area contributed by atoms with Crippen molar-refractivity contribution in [3.05, 3.63) is 39.4 Å². The molecule has 0 atom stereocenters. The lowest BCUT2D eigenvalue weighted by Crippen LogP contribution is -2.51. The van der Waals surface area contributed by atoms with E-state index in [2.05, 4.69) is 22.7 Å². The van der Waals surface area contributed by atoms with Crippen molar-refractivity contribution >= 4 is 41.0 Å². The topological polar surface area (TPSA) is 116 Å². The molecule has 4 amide bonds. The van der Waals surface area contributed by atoms with Crippen LogP contribution in [0.15, 0.2) is 29.1 Å². The van der Waals surface area contributed by atoms with E-state index in [0.29, 0.717) is 60.2 Å². The molecular weight excluding hydrogens is 442 g/mol. The summed E-state index contributed by atoms with van der Waals surface area (Å²) in [4.78, 5) is 53.2. The number of amides is 4. The summed E-state index contributed by atoms with van der Waals surface area (Å²) in [7, 11) is 0.